The van der Waals surface area contributed by atoms with E-state index in [2.05, 4.69) is 6.07 Å². The summed E-state index contributed by atoms with van der Waals surface area (Å²) in [7, 11) is 0. The minimum absolute atomic E-state index is 0.153. The normalized spacial score (nSPS) is 12.7. The van der Waals surface area contributed by atoms with E-state index in [-0.39, 0.29) is 16.9 Å². The molecule has 0 spiro atoms. The number of rotatable bonds is 0. The Morgan fingerprint density at radius 3 is 2.12 bits per heavy atom. The van der Waals surface area contributed by atoms with E-state index in [9.17, 15) is 9.59 Å². The third-order valence-corrected chi connectivity index (χ3v) is 2.46. The van der Waals surface area contributed by atoms with Crippen molar-refractivity contribution in [3.63, 3.8) is 0 Å². The molecule has 2 aromatic rings. The van der Waals surface area contributed by atoms with Crippen LogP contribution in [0.4, 0.5) is 0 Å². The van der Waals surface area contributed by atoms with Gasteiger partial charge in [0.05, 0.1) is 22.5 Å². The number of fused-ring (bicyclic) bond motifs is 1. The average Bonchev–Trinajstić information content (AvgIpc) is 2.65. The molecule has 4 heteroatoms. The van der Waals surface area contributed by atoms with Crippen LogP contribution in [0.5, 0.6) is 0 Å². The fraction of sp³-hybridized carbons (Fsp3) is 0.308. The topological polar surface area (TPSA) is 62.9 Å². The summed E-state index contributed by atoms with van der Waals surface area (Å²) in [6.45, 7) is 5.65. The molecule has 0 fully saturated rings. The summed E-state index contributed by atoms with van der Waals surface area (Å²) >= 11 is 0. The number of hydrogen-bond donors (Lipinski definition) is 0. The van der Waals surface area contributed by atoms with Crippen LogP contribution >= 0.6 is 0 Å². The van der Waals surface area contributed by atoms with Crippen LogP contribution in [0.2, 0.25) is 0 Å². The first-order chi connectivity index (χ1) is 7.85. The van der Waals surface area contributed by atoms with Crippen LogP contribution in [0.1, 0.15) is 31.1 Å². The van der Waals surface area contributed by atoms with Crippen molar-refractivity contribution < 1.29 is 4.79 Å². The largest absolute Gasteiger partial charge is 0.268 e. The highest BCUT2D eigenvalue weighted by Crippen LogP contribution is 2.22. The number of nitrogens with zero attached hydrogens (tertiary/aromatic N) is 2. The van der Waals surface area contributed by atoms with Gasteiger partial charge < -0.3 is 0 Å². The lowest BCUT2D eigenvalue weighted by atomic mass is 10.0. The molecule has 0 aliphatic carbocycles. The number of aromatic nitrogens is 1. The quantitative estimate of drug-likeness (QED) is 0.591. The second kappa shape index (κ2) is 3.42. The third-order valence-electron chi connectivity index (χ3n) is 2.46. The molecule has 4 rings (SSSR count). The molecule has 0 amide bonds. The summed E-state index contributed by atoms with van der Waals surface area (Å²) in [5.74, 6) is -0.162. The Balaban J connectivity index is 0.000000157. The maximum Gasteiger partial charge on any atom is 0.266 e. The van der Waals surface area contributed by atoms with Crippen molar-refractivity contribution in [3.05, 3.63) is 34.1 Å². The highest BCUT2D eigenvalue weighted by Gasteiger charge is 2.27. The van der Waals surface area contributed by atoms with Crippen LogP contribution in [0.25, 0.3) is 10.9 Å². The van der Waals surface area contributed by atoms with Gasteiger partial charge in [-0.05, 0) is 39.0 Å². The summed E-state index contributed by atoms with van der Waals surface area (Å²) in [6, 6.07) is 7.34. The van der Waals surface area contributed by atoms with Crippen molar-refractivity contribution in [2.24, 2.45) is 5.41 Å². The van der Waals surface area contributed by atoms with Crippen LogP contribution in [0.3, 0.4) is 0 Å². The lowest BCUT2D eigenvalue weighted by molar-refractivity contribution is 0.0974. The Morgan fingerprint density at radius 1 is 1.24 bits per heavy atom. The standard InChI is InChI=1S/C8H3NO2.C5H9N/c10-7-5-2-1-4-3-6(5)8(11)9(4)7;1-5(2,3)4-6/h1-3H;1-3H3. The predicted octanol–water partition coefficient (Wildman–Crippen LogP) is 2.00. The van der Waals surface area contributed by atoms with Crippen molar-refractivity contribution in [2.45, 2.75) is 20.8 Å². The summed E-state index contributed by atoms with van der Waals surface area (Å²) in [4.78, 5) is 22.4. The first-order valence-electron chi connectivity index (χ1n) is 5.29. The van der Waals surface area contributed by atoms with Gasteiger partial charge in [-0.15, -0.1) is 0 Å². The average molecular weight is 228 g/mol. The summed E-state index contributed by atoms with van der Waals surface area (Å²) in [6.07, 6.45) is 0. The number of carbonyl (C=O) groups excluding carboxylic acids is 1. The van der Waals surface area contributed by atoms with Gasteiger partial charge in [0.1, 0.15) is 0 Å². The van der Waals surface area contributed by atoms with Gasteiger partial charge in [0.15, 0.2) is 0 Å². The highest BCUT2D eigenvalue weighted by molar-refractivity contribution is 6.13. The number of hydrogen-bond acceptors (Lipinski definition) is 3. The van der Waals surface area contributed by atoms with Gasteiger partial charge in [-0.25, -0.2) is 4.57 Å². The van der Waals surface area contributed by atoms with E-state index in [1.54, 1.807) is 18.2 Å². The SMILES string of the molecule is CC(C)(C)C#N.O=C1c2cc3ccc2c(=O)n31. The zero-order chi connectivity index (χ0) is 12.8. The Labute approximate surface area is 98.4 Å². The lowest BCUT2D eigenvalue weighted by Crippen LogP contribution is -2.16. The molecule has 0 radical (unpaired) electrons. The van der Waals surface area contributed by atoms with E-state index in [4.69, 9.17) is 5.26 Å². The van der Waals surface area contributed by atoms with Crippen LogP contribution in [0, 0.1) is 16.7 Å². The maximum atomic E-state index is 11.2. The van der Waals surface area contributed by atoms with Gasteiger partial charge in [0, 0.05) is 5.41 Å². The molecule has 2 aliphatic heterocycles. The molecule has 17 heavy (non-hydrogen) atoms. The van der Waals surface area contributed by atoms with Crippen molar-refractivity contribution in [1.82, 2.24) is 4.57 Å². The molecule has 0 N–H and O–H groups in total. The van der Waals surface area contributed by atoms with E-state index < -0.39 is 0 Å². The van der Waals surface area contributed by atoms with E-state index in [0.717, 1.165) is 0 Å². The number of nitriles is 1. The molecule has 0 saturated heterocycles. The molecule has 0 saturated carbocycles. The first kappa shape index (κ1) is 11.3. The minimum atomic E-state index is -0.162. The Morgan fingerprint density at radius 2 is 1.82 bits per heavy atom. The van der Waals surface area contributed by atoms with Crippen molar-refractivity contribution >= 4 is 16.8 Å². The first-order valence-corrected chi connectivity index (χ1v) is 5.29. The van der Waals surface area contributed by atoms with Crippen molar-refractivity contribution in [3.8, 4) is 6.07 Å². The van der Waals surface area contributed by atoms with E-state index >= 15 is 0 Å². The Bertz CT molecular complexity index is 684. The summed E-state index contributed by atoms with van der Waals surface area (Å²) < 4.78 is 1.21. The van der Waals surface area contributed by atoms with Crippen LogP contribution in [-0.2, 0) is 0 Å². The molecule has 0 atom stereocenters. The molecule has 4 bridgehead atoms. The molecule has 86 valence electrons. The van der Waals surface area contributed by atoms with Crippen LogP contribution < -0.4 is 5.56 Å². The monoisotopic (exact) mass is 228 g/mol. The molecule has 1 aromatic carbocycles. The second-order valence-electron chi connectivity index (χ2n) is 5.04. The lowest BCUT2D eigenvalue weighted by Gasteiger charge is -2.01. The molecule has 4 nitrogen and oxygen atoms in total. The van der Waals surface area contributed by atoms with Crippen LogP contribution in [-0.4, -0.2) is 10.5 Å². The Kier molecular flexibility index (Phi) is 2.28. The molecule has 1 aromatic heterocycles. The van der Waals surface area contributed by atoms with E-state index in [0.29, 0.717) is 16.5 Å². The van der Waals surface area contributed by atoms with Gasteiger partial charge >= 0.3 is 0 Å². The Hall–Kier alpha value is -2.15. The number of pyridine rings is 2. The molecular weight excluding hydrogens is 216 g/mol. The smallest absolute Gasteiger partial charge is 0.266 e. The van der Waals surface area contributed by atoms with Crippen LogP contribution in [0.15, 0.2) is 23.0 Å². The van der Waals surface area contributed by atoms with Gasteiger partial charge in [-0.2, -0.15) is 5.26 Å². The fourth-order valence-electron chi connectivity index (χ4n) is 1.60. The molecular formula is C13H12N2O2. The second-order valence-corrected chi connectivity index (χ2v) is 5.04. The fourth-order valence-corrected chi connectivity index (χ4v) is 1.60. The number of benzene rings is 1. The van der Waals surface area contributed by atoms with Crippen molar-refractivity contribution in [2.75, 3.05) is 0 Å². The third kappa shape index (κ3) is 1.70. The van der Waals surface area contributed by atoms with Gasteiger partial charge in [-0.1, -0.05) is 0 Å². The summed E-state index contributed by atoms with van der Waals surface area (Å²) in [5, 5.41) is 8.70. The summed E-state index contributed by atoms with van der Waals surface area (Å²) in [5.41, 5.74) is 0.961. The molecule has 3 heterocycles. The predicted molar refractivity (Wildman–Crippen MR) is 64.2 cm³/mol. The van der Waals surface area contributed by atoms with Gasteiger partial charge in [-0.3, -0.25) is 9.59 Å². The maximum absolute atomic E-state index is 11.2. The molecule has 2 aliphatic rings. The van der Waals surface area contributed by atoms with E-state index in [1.165, 1.54) is 4.57 Å². The molecule has 0 unspecified atom stereocenters. The van der Waals surface area contributed by atoms with Gasteiger partial charge in [0.25, 0.3) is 11.5 Å². The van der Waals surface area contributed by atoms with Crippen molar-refractivity contribution in [1.29, 1.82) is 5.26 Å². The van der Waals surface area contributed by atoms with Gasteiger partial charge in [0.2, 0.25) is 0 Å². The highest BCUT2D eigenvalue weighted by atomic mass is 16.2. The minimum Gasteiger partial charge on any atom is -0.268 e. The number of carbonyl (C=O) groups is 1. The zero-order valence-electron chi connectivity index (χ0n) is 9.94. The zero-order valence-corrected chi connectivity index (χ0v) is 9.94. The van der Waals surface area contributed by atoms with E-state index in [1.807, 2.05) is 20.8 Å².